The molecule has 2 heterocycles. The van der Waals surface area contributed by atoms with E-state index >= 15 is 0 Å². The summed E-state index contributed by atoms with van der Waals surface area (Å²) in [5.41, 5.74) is 4.20. The Morgan fingerprint density at radius 3 is 1.48 bits per heavy atom. The fourth-order valence-corrected chi connectivity index (χ4v) is 4.16. The monoisotopic (exact) mass is 279 g/mol. The van der Waals surface area contributed by atoms with Crippen molar-refractivity contribution in [2.24, 2.45) is 0 Å². The molecule has 2 aromatic carbocycles. The summed E-state index contributed by atoms with van der Waals surface area (Å²) < 4.78 is 13.1. The standard InChI is InChI=1S/C18H20BO2/c1-17(2)13-9-5-7-11-15(13)19(20-17)16-12-8-6-10-14(16)18(3,4)21-19/h5-12H,1-4H3/q-1. The molecule has 0 unspecified atom stereocenters. The fraction of sp³-hybridized carbons (Fsp3) is 0.333. The molecule has 0 fully saturated rings. The third-order valence-corrected chi connectivity index (χ3v) is 4.96. The fourth-order valence-electron chi connectivity index (χ4n) is 4.16. The maximum absolute atomic E-state index is 6.57. The third kappa shape index (κ3) is 1.56. The third-order valence-electron chi connectivity index (χ3n) is 4.96. The Morgan fingerprint density at radius 1 is 0.667 bits per heavy atom. The molecule has 2 nitrogen and oxygen atoms in total. The van der Waals surface area contributed by atoms with Crippen LogP contribution in [0.25, 0.3) is 0 Å². The molecule has 3 heteroatoms. The highest BCUT2D eigenvalue weighted by atomic mass is 16.6. The zero-order valence-corrected chi connectivity index (χ0v) is 13.0. The minimum absolute atomic E-state index is 0.329. The van der Waals surface area contributed by atoms with E-state index in [1.165, 1.54) is 22.1 Å². The van der Waals surface area contributed by atoms with Crippen molar-refractivity contribution >= 4 is 17.5 Å². The Balaban J connectivity index is 2.04. The summed E-state index contributed by atoms with van der Waals surface area (Å²) >= 11 is 0. The van der Waals surface area contributed by atoms with Crippen LogP contribution in [0, 0.1) is 0 Å². The molecule has 0 bridgehead atoms. The lowest BCUT2D eigenvalue weighted by atomic mass is 9.47. The molecule has 0 radical (unpaired) electrons. The van der Waals surface area contributed by atoms with Crippen LogP contribution >= 0.6 is 0 Å². The quantitative estimate of drug-likeness (QED) is 0.690. The first-order valence-electron chi connectivity index (χ1n) is 7.61. The second-order valence-electron chi connectivity index (χ2n) is 7.14. The van der Waals surface area contributed by atoms with Crippen molar-refractivity contribution in [1.82, 2.24) is 0 Å². The van der Waals surface area contributed by atoms with Crippen LogP contribution in [0.1, 0.15) is 38.8 Å². The number of hydrogen-bond acceptors (Lipinski definition) is 2. The van der Waals surface area contributed by atoms with Gasteiger partial charge in [0.2, 0.25) is 0 Å². The predicted molar refractivity (Wildman–Crippen MR) is 86.1 cm³/mol. The first kappa shape index (κ1) is 13.1. The van der Waals surface area contributed by atoms with Gasteiger partial charge in [-0.2, -0.15) is 0 Å². The minimum atomic E-state index is -1.59. The van der Waals surface area contributed by atoms with E-state index in [2.05, 4.69) is 76.2 Å². The lowest BCUT2D eigenvalue weighted by Gasteiger charge is -2.40. The van der Waals surface area contributed by atoms with Crippen molar-refractivity contribution in [3.63, 3.8) is 0 Å². The molecule has 0 atom stereocenters. The van der Waals surface area contributed by atoms with Crippen LogP contribution in [0.2, 0.25) is 0 Å². The lowest BCUT2D eigenvalue weighted by molar-refractivity contribution is 0.0302. The summed E-state index contributed by atoms with van der Waals surface area (Å²) in [4.78, 5) is 0. The molecule has 2 aromatic rings. The van der Waals surface area contributed by atoms with E-state index in [1.54, 1.807) is 0 Å². The van der Waals surface area contributed by atoms with Crippen LogP contribution in [-0.2, 0) is 20.5 Å². The van der Waals surface area contributed by atoms with Crippen LogP contribution < -0.4 is 10.9 Å². The SMILES string of the molecule is CC1(C)O[B-]2(OC(C)(C)c3ccccc32)c2ccccc21. The molecule has 0 amide bonds. The molecule has 1 spiro atoms. The summed E-state index contributed by atoms with van der Waals surface area (Å²) in [6.45, 7) is 6.91. The average Bonchev–Trinajstić information content (AvgIpc) is 2.81. The van der Waals surface area contributed by atoms with Gasteiger partial charge in [0.15, 0.2) is 0 Å². The summed E-state index contributed by atoms with van der Waals surface area (Å²) in [6.07, 6.45) is 0. The molecule has 0 saturated heterocycles. The maximum Gasteiger partial charge on any atom is 0.300 e. The lowest BCUT2D eigenvalue weighted by Crippen LogP contribution is -2.58. The van der Waals surface area contributed by atoms with E-state index < -0.39 is 6.55 Å². The molecule has 4 rings (SSSR count). The van der Waals surface area contributed by atoms with E-state index in [9.17, 15) is 0 Å². The topological polar surface area (TPSA) is 18.5 Å². The number of benzene rings is 2. The normalized spacial score (nSPS) is 23.0. The number of hydrogen-bond donors (Lipinski definition) is 0. The predicted octanol–water partition coefficient (Wildman–Crippen LogP) is 2.77. The number of rotatable bonds is 0. The van der Waals surface area contributed by atoms with Crippen molar-refractivity contribution in [3.8, 4) is 0 Å². The number of fused-ring (bicyclic) bond motifs is 4. The largest absolute Gasteiger partial charge is 0.553 e. The van der Waals surface area contributed by atoms with Gasteiger partial charge in [0.05, 0.1) is 0 Å². The van der Waals surface area contributed by atoms with Gasteiger partial charge in [-0.25, -0.2) is 0 Å². The molecular formula is C18H20BO2-. The highest BCUT2D eigenvalue weighted by Crippen LogP contribution is 2.43. The van der Waals surface area contributed by atoms with E-state index in [0.717, 1.165) is 0 Å². The average molecular weight is 279 g/mol. The second kappa shape index (κ2) is 3.79. The molecule has 2 aliphatic heterocycles. The smallest absolute Gasteiger partial charge is 0.300 e. The van der Waals surface area contributed by atoms with Gasteiger partial charge in [-0.15, -0.1) is 10.9 Å². The van der Waals surface area contributed by atoms with Gasteiger partial charge in [0.25, 0.3) is 0 Å². The van der Waals surface area contributed by atoms with Crippen molar-refractivity contribution in [3.05, 3.63) is 59.7 Å². The zero-order valence-electron chi connectivity index (χ0n) is 13.0. The first-order chi connectivity index (χ1) is 9.87. The Kier molecular flexibility index (Phi) is 2.37. The van der Waals surface area contributed by atoms with Crippen molar-refractivity contribution in [1.29, 1.82) is 0 Å². The summed E-state index contributed by atoms with van der Waals surface area (Å²) in [5.74, 6) is 0. The van der Waals surface area contributed by atoms with Gasteiger partial charge in [0.1, 0.15) is 0 Å². The maximum atomic E-state index is 6.57. The minimum Gasteiger partial charge on any atom is -0.553 e. The van der Waals surface area contributed by atoms with E-state index in [4.69, 9.17) is 9.31 Å². The van der Waals surface area contributed by atoms with E-state index in [0.29, 0.717) is 0 Å². The van der Waals surface area contributed by atoms with Crippen LogP contribution in [0.15, 0.2) is 48.5 Å². The molecule has 0 aromatic heterocycles. The molecule has 108 valence electrons. The Hall–Kier alpha value is -1.58. The van der Waals surface area contributed by atoms with Crippen LogP contribution in [0.5, 0.6) is 0 Å². The van der Waals surface area contributed by atoms with Crippen LogP contribution in [0.3, 0.4) is 0 Å². The van der Waals surface area contributed by atoms with Gasteiger partial charge >= 0.3 is 6.55 Å². The van der Waals surface area contributed by atoms with Gasteiger partial charge in [0, 0.05) is 11.2 Å². The molecule has 21 heavy (non-hydrogen) atoms. The molecule has 0 saturated carbocycles. The van der Waals surface area contributed by atoms with Crippen molar-refractivity contribution in [2.75, 3.05) is 0 Å². The Labute approximate surface area is 126 Å². The van der Waals surface area contributed by atoms with Crippen LogP contribution in [-0.4, -0.2) is 6.55 Å². The van der Waals surface area contributed by atoms with Gasteiger partial charge in [-0.05, 0) is 27.7 Å². The van der Waals surface area contributed by atoms with Gasteiger partial charge in [-0.3, -0.25) is 0 Å². The van der Waals surface area contributed by atoms with Gasteiger partial charge < -0.3 is 9.31 Å². The summed E-state index contributed by atoms with van der Waals surface area (Å²) in [6, 6.07) is 16.9. The molecule has 0 N–H and O–H groups in total. The van der Waals surface area contributed by atoms with Crippen LogP contribution in [0.4, 0.5) is 0 Å². The summed E-state index contributed by atoms with van der Waals surface area (Å²) in [5, 5.41) is 0. The van der Waals surface area contributed by atoms with E-state index in [1.807, 2.05) is 0 Å². The van der Waals surface area contributed by atoms with Crippen molar-refractivity contribution in [2.45, 2.75) is 38.9 Å². The second-order valence-corrected chi connectivity index (χ2v) is 7.14. The zero-order chi connectivity index (χ0) is 14.9. The Morgan fingerprint density at radius 2 is 1.05 bits per heavy atom. The molecule has 2 aliphatic rings. The molecular weight excluding hydrogens is 259 g/mol. The van der Waals surface area contributed by atoms with Gasteiger partial charge in [-0.1, -0.05) is 59.7 Å². The molecule has 0 aliphatic carbocycles. The van der Waals surface area contributed by atoms with Crippen molar-refractivity contribution < 1.29 is 9.31 Å². The highest BCUT2D eigenvalue weighted by molar-refractivity contribution is 6.94. The highest BCUT2D eigenvalue weighted by Gasteiger charge is 2.52. The summed E-state index contributed by atoms with van der Waals surface area (Å²) in [7, 11) is 0. The van der Waals surface area contributed by atoms with E-state index in [-0.39, 0.29) is 11.2 Å². The Bertz CT molecular complexity index is 670. The first-order valence-corrected chi connectivity index (χ1v) is 7.61.